The molecule has 0 unspecified atom stereocenters. The van der Waals surface area contributed by atoms with Crippen LogP contribution in [0.5, 0.6) is 0 Å². The Kier molecular flexibility index (Phi) is 5.27. The third-order valence-corrected chi connectivity index (χ3v) is 10.2. The molecule has 0 saturated carbocycles. The van der Waals surface area contributed by atoms with Gasteiger partial charge in [-0.3, -0.25) is 0 Å². The van der Waals surface area contributed by atoms with Gasteiger partial charge in [-0.15, -0.1) is 0 Å². The number of benzene rings is 8. The first-order chi connectivity index (χ1) is 22.8. The van der Waals surface area contributed by atoms with Gasteiger partial charge in [0.05, 0.1) is 5.41 Å². The summed E-state index contributed by atoms with van der Waals surface area (Å²) in [5, 5.41) is 5.05. The Morgan fingerprint density at radius 3 is 1.33 bits per heavy atom. The highest BCUT2D eigenvalue weighted by atomic mass is 15.1. The maximum absolute atomic E-state index is 2.49. The summed E-state index contributed by atoms with van der Waals surface area (Å²) in [6.07, 6.45) is 0. The number of rotatable bonds is 3. The number of hydrogen-bond acceptors (Lipinski definition) is 1. The van der Waals surface area contributed by atoms with Crippen LogP contribution in [-0.2, 0) is 5.41 Å². The lowest BCUT2D eigenvalue weighted by atomic mass is 9.70. The van der Waals surface area contributed by atoms with Crippen molar-refractivity contribution >= 4 is 38.6 Å². The van der Waals surface area contributed by atoms with Gasteiger partial charge < -0.3 is 4.90 Å². The van der Waals surface area contributed by atoms with Crippen LogP contribution in [0, 0.1) is 0 Å². The van der Waals surface area contributed by atoms with Crippen molar-refractivity contribution in [3.8, 4) is 22.3 Å². The highest BCUT2D eigenvalue weighted by Gasteiger charge is 2.51. The molecule has 1 nitrogen and oxygen atoms in total. The van der Waals surface area contributed by atoms with Crippen molar-refractivity contribution in [1.29, 1.82) is 0 Å². The van der Waals surface area contributed by atoms with Crippen LogP contribution in [0.4, 0.5) is 17.1 Å². The molecule has 0 heterocycles. The minimum Gasteiger partial charge on any atom is -0.310 e. The molecule has 10 rings (SSSR count). The van der Waals surface area contributed by atoms with Crippen LogP contribution in [0.2, 0.25) is 0 Å². The zero-order valence-corrected chi connectivity index (χ0v) is 25.2. The van der Waals surface area contributed by atoms with Gasteiger partial charge in [0.2, 0.25) is 0 Å². The molecule has 2 aliphatic rings. The zero-order valence-electron chi connectivity index (χ0n) is 25.2. The van der Waals surface area contributed by atoms with Crippen LogP contribution in [-0.4, -0.2) is 0 Å². The van der Waals surface area contributed by atoms with Crippen molar-refractivity contribution in [3.05, 3.63) is 198 Å². The van der Waals surface area contributed by atoms with Crippen LogP contribution in [0.25, 0.3) is 43.8 Å². The predicted octanol–water partition coefficient (Wildman–Crippen LogP) is 11.8. The number of anilines is 3. The maximum atomic E-state index is 2.49. The second-order valence-electron chi connectivity index (χ2n) is 12.5. The van der Waals surface area contributed by atoms with Gasteiger partial charge in [-0.1, -0.05) is 115 Å². The first-order valence-electron chi connectivity index (χ1n) is 16.0. The Bertz CT molecular complexity index is 2390. The van der Waals surface area contributed by atoms with E-state index in [9.17, 15) is 0 Å². The average molecular weight is 584 g/mol. The summed E-state index contributed by atoms with van der Waals surface area (Å²) in [6, 6.07) is 65.0. The molecular formula is C45H29N. The summed E-state index contributed by atoms with van der Waals surface area (Å²) in [6.45, 7) is 0. The molecule has 1 heteroatoms. The Hall–Kier alpha value is -5.92. The second-order valence-corrected chi connectivity index (χ2v) is 12.5. The molecule has 0 amide bonds. The van der Waals surface area contributed by atoms with Crippen LogP contribution in [0.1, 0.15) is 22.3 Å². The topological polar surface area (TPSA) is 3.24 Å². The van der Waals surface area contributed by atoms with Crippen LogP contribution >= 0.6 is 0 Å². The summed E-state index contributed by atoms with van der Waals surface area (Å²) < 4.78 is 0. The maximum Gasteiger partial charge on any atom is 0.0725 e. The standard InChI is InChI=1S/C45H29N/c1-3-15-34(16-4-1)46(35-17-5-2-6-18-35)36-24-23-32-27-40-39-26-30-13-7-8-14-31(30)28-43(39)45(44(40)29-33(32)25-36)41-21-11-9-19-37(41)38-20-10-12-22-42(38)45/h1-29H. The van der Waals surface area contributed by atoms with E-state index in [1.807, 2.05) is 0 Å². The van der Waals surface area contributed by atoms with Crippen molar-refractivity contribution < 1.29 is 0 Å². The fourth-order valence-corrected chi connectivity index (χ4v) is 8.29. The number of hydrogen-bond donors (Lipinski definition) is 0. The van der Waals surface area contributed by atoms with Gasteiger partial charge in [-0.05, 0) is 127 Å². The third kappa shape index (κ3) is 3.40. The fourth-order valence-electron chi connectivity index (χ4n) is 8.29. The van der Waals surface area contributed by atoms with E-state index in [1.165, 1.54) is 66.1 Å². The highest BCUT2D eigenvalue weighted by Crippen LogP contribution is 2.63. The molecule has 0 fully saturated rings. The van der Waals surface area contributed by atoms with Crippen LogP contribution in [0.15, 0.2) is 176 Å². The molecule has 0 atom stereocenters. The summed E-state index contributed by atoms with van der Waals surface area (Å²) >= 11 is 0. The molecule has 0 N–H and O–H groups in total. The molecule has 0 aromatic heterocycles. The summed E-state index contributed by atoms with van der Waals surface area (Å²) in [7, 11) is 0. The second kappa shape index (κ2) is 9.54. The smallest absolute Gasteiger partial charge is 0.0725 e. The number of fused-ring (bicyclic) bond motifs is 12. The molecule has 46 heavy (non-hydrogen) atoms. The van der Waals surface area contributed by atoms with Crippen molar-refractivity contribution in [2.75, 3.05) is 4.90 Å². The summed E-state index contributed by atoms with van der Waals surface area (Å²) in [5.74, 6) is 0. The molecule has 0 radical (unpaired) electrons. The lowest BCUT2D eigenvalue weighted by Crippen LogP contribution is -2.25. The molecule has 0 saturated heterocycles. The minimum atomic E-state index is -0.384. The predicted molar refractivity (Wildman–Crippen MR) is 192 cm³/mol. The van der Waals surface area contributed by atoms with Gasteiger partial charge in [-0.2, -0.15) is 0 Å². The van der Waals surface area contributed by atoms with Gasteiger partial charge in [0.1, 0.15) is 0 Å². The van der Waals surface area contributed by atoms with Gasteiger partial charge >= 0.3 is 0 Å². The molecule has 0 bridgehead atoms. The first-order valence-corrected chi connectivity index (χ1v) is 16.0. The minimum absolute atomic E-state index is 0.384. The van der Waals surface area contributed by atoms with Crippen LogP contribution in [0.3, 0.4) is 0 Å². The van der Waals surface area contributed by atoms with Crippen molar-refractivity contribution in [1.82, 2.24) is 0 Å². The van der Waals surface area contributed by atoms with Crippen molar-refractivity contribution in [2.45, 2.75) is 5.41 Å². The van der Waals surface area contributed by atoms with Crippen LogP contribution < -0.4 is 4.90 Å². The van der Waals surface area contributed by atoms with E-state index in [4.69, 9.17) is 0 Å². The van der Waals surface area contributed by atoms with Gasteiger partial charge in [-0.25, -0.2) is 0 Å². The molecule has 8 aromatic carbocycles. The van der Waals surface area contributed by atoms with E-state index in [2.05, 4.69) is 181 Å². The average Bonchev–Trinajstić information content (AvgIpc) is 3.57. The molecule has 8 aromatic rings. The lowest BCUT2D eigenvalue weighted by Gasteiger charge is -2.31. The monoisotopic (exact) mass is 583 g/mol. The normalized spacial score (nSPS) is 13.4. The van der Waals surface area contributed by atoms with Gasteiger partial charge in [0.15, 0.2) is 0 Å². The number of nitrogens with zero attached hydrogens (tertiary/aromatic N) is 1. The van der Waals surface area contributed by atoms with E-state index in [0.29, 0.717) is 0 Å². The molecule has 2 aliphatic carbocycles. The fraction of sp³-hybridized carbons (Fsp3) is 0.0222. The Morgan fingerprint density at radius 2 is 0.739 bits per heavy atom. The first kappa shape index (κ1) is 25.4. The lowest BCUT2D eigenvalue weighted by molar-refractivity contribution is 0.796. The summed E-state index contributed by atoms with van der Waals surface area (Å²) in [5.41, 5.74) is 13.9. The SMILES string of the molecule is c1ccc(N(c2ccccc2)c2ccc3cc4c(cc3c2)C2(c3ccccc3-c3ccccc32)c2cc3ccccc3cc2-4)cc1. The molecule has 214 valence electrons. The molecule has 1 spiro atoms. The summed E-state index contributed by atoms with van der Waals surface area (Å²) in [4.78, 5) is 2.35. The Labute approximate surface area is 268 Å². The third-order valence-electron chi connectivity index (χ3n) is 10.2. The van der Waals surface area contributed by atoms with E-state index in [1.54, 1.807) is 0 Å². The van der Waals surface area contributed by atoms with Gasteiger partial charge in [0.25, 0.3) is 0 Å². The van der Waals surface area contributed by atoms with Gasteiger partial charge in [0, 0.05) is 17.1 Å². The molecule has 0 aliphatic heterocycles. The van der Waals surface area contributed by atoms with Crippen molar-refractivity contribution in [3.63, 3.8) is 0 Å². The van der Waals surface area contributed by atoms with E-state index in [0.717, 1.165) is 17.1 Å². The quantitative estimate of drug-likeness (QED) is 0.200. The Morgan fingerprint density at radius 1 is 0.283 bits per heavy atom. The largest absolute Gasteiger partial charge is 0.310 e. The van der Waals surface area contributed by atoms with Crippen molar-refractivity contribution in [2.24, 2.45) is 0 Å². The Balaban J connectivity index is 1.28. The number of para-hydroxylation sites is 2. The van der Waals surface area contributed by atoms with E-state index in [-0.39, 0.29) is 5.41 Å². The molecular weight excluding hydrogens is 555 g/mol. The zero-order chi connectivity index (χ0) is 30.2. The van der Waals surface area contributed by atoms with E-state index < -0.39 is 0 Å². The van der Waals surface area contributed by atoms with E-state index >= 15 is 0 Å². The highest BCUT2D eigenvalue weighted by molar-refractivity contribution is 6.04.